The van der Waals surface area contributed by atoms with E-state index in [9.17, 15) is 0 Å². The van der Waals surface area contributed by atoms with E-state index in [2.05, 4.69) is 61.2 Å². The molecule has 1 saturated heterocycles. The Hall–Kier alpha value is -1.12. The highest BCUT2D eigenvalue weighted by Crippen LogP contribution is 2.26. The average molecular weight is 301 g/mol. The summed E-state index contributed by atoms with van der Waals surface area (Å²) >= 11 is 0. The van der Waals surface area contributed by atoms with Gasteiger partial charge in [0.25, 0.3) is 0 Å². The van der Waals surface area contributed by atoms with Gasteiger partial charge in [0, 0.05) is 18.6 Å². The molecule has 22 heavy (non-hydrogen) atoms. The number of benzene rings is 1. The number of rotatable bonds is 8. The first-order valence-corrected chi connectivity index (χ1v) is 8.82. The van der Waals surface area contributed by atoms with E-state index in [1.807, 2.05) is 0 Å². The van der Waals surface area contributed by atoms with Crippen molar-refractivity contribution in [3.05, 3.63) is 42.0 Å². The van der Waals surface area contributed by atoms with E-state index in [-0.39, 0.29) is 5.54 Å². The van der Waals surface area contributed by atoms with Gasteiger partial charge in [0.2, 0.25) is 0 Å². The van der Waals surface area contributed by atoms with Crippen molar-refractivity contribution in [2.45, 2.75) is 51.5 Å². The van der Waals surface area contributed by atoms with Gasteiger partial charge in [-0.25, -0.2) is 0 Å². The fourth-order valence-electron chi connectivity index (χ4n) is 3.17. The molecule has 0 amide bonds. The normalized spacial score (nSPS) is 19.4. The highest BCUT2D eigenvalue weighted by atomic mass is 16.5. The van der Waals surface area contributed by atoms with Crippen LogP contribution in [0.25, 0.3) is 6.08 Å². The van der Waals surface area contributed by atoms with Crippen molar-refractivity contribution in [3.63, 3.8) is 0 Å². The van der Waals surface area contributed by atoms with Crippen LogP contribution in [-0.4, -0.2) is 36.7 Å². The molecule has 1 aliphatic rings. The standard InChI is InChI=1S/C20H31NO/c1-3-4-5-9-13-20(2,21-15-17-22-18-16-21)14-12-19-10-7-6-8-11-19/h6-8,10-12,14H,3-5,9,13,15-18H2,1-2H3/b14-12+. The summed E-state index contributed by atoms with van der Waals surface area (Å²) in [5.41, 5.74) is 1.43. The predicted molar refractivity (Wildman–Crippen MR) is 95.0 cm³/mol. The van der Waals surface area contributed by atoms with Crippen LogP contribution in [0.1, 0.15) is 51.5 Å². The molecule has 1 fully saturated rings. The van der Waals surface area contributed by atoms with Crippen LogP contribution in [0.15, 0.2) is 36.4 Å². The Morgan fingerprint density at radius 2 is 1.82 bits per heavy atom. The molecule has 1 aromatic rings. The third kappa shape index (κ3) is 5.26. The minimum atomic E-state index is 0.146. The molecule has 0 N–H and O–H groups in total. The van der Waals surface area contributed by atoms with E-state index in [1.54, 1.807) is 0 Å². The summed E-state index contributed by atoms with van der Waals surface area (Å²) in [6.45, 7) is 8.49. The molecule has 0 saturated carbocycles. The Morgan fingerprint density at radius 3 is 2.50 bits per heavy atom. The largest absolute Gasteiger partial charge is 0.379 e. The third-order valence-electron chi connectivity index (χ3n) is 4.70. The summed E-state index contributed by atoms with van der Waals surface area (Å²) < 4.78 is 5.53. The molecule has 1 aromatic carbocycles. The molecule has 0 spiro atoms. The topological polar surface area (TPSA) is 12.5 Å². The third-order valence-corrected chi connectivity index (χ3v) is 4.70. The van der Waals surface area contributed by atoms with Crippen LogP contribution in [0.5, 0.6) is 0 Å². The quantitative estimate of drug-likeness (QED) is 0.642. The van der Waals surface area contributed by atoms with Crippen LogP contribution in [0.3, 0.4) is 0 Å². The van der Waals surface area contributed by atoms with Crippen molar-refractivity contribution in [1.29, 1.82) is 0 Å². The summed E-state index contributed by atoms with van der Waals surface area (Å²) in [7, 11) is 0. The van der Waals surface area contributed by atoms with Crippen LogP contribution in [0, 0.1) is 0 Å². The van der Waals surface area contributed by atoms with E-state index in [0.29, 0.717) is 0 Å². The van der Waals surface area contributed by atoms with Crippen LogP contribution in [0.2, 0.25) is 0 Å². The Morgan fingerprint density at radius 1 is 1.09 bits per heavy atom. The van der Waals surface area contributed by atoms with Gasteiger partial charge in [0.05, 0.1) is 13.2 Å². The smallest absolute Gasteiger partial charge is 0.0594 e. The molecule has 2 rings (SSSR count). The monoisotopic (exact) mass is 301 g/mol. The van der Waals surface area contributed by atoms with Crippen molar-refractivity contribution >= 4 is 6.08 Å². The molecule has 1 heterocycles. The number of unbranched alkanes of at least 4 members (excludes halogenated alkanes) is 3. The molecule has 0 aliphatic carbocycles. The Labute approximate surface area is 136 Å². The second kappa shape index (κ2) is 9.12. The maximum Gasteiger partial charge on any atom is 0.0594 e. The Kier molecular flexibility index (Phi) is 7.14. The predicted octanol–water partition coefficient (Wildman–Crippen LogP) is 4.76. The molecule has 1 atom stereocenters. The number of nitrogens with zero attached hydrogens (tertiary/aromatic N) is 1. The summed E-state index contributed by atoms with van der Waals surface area (Å²) in [5.74, 6) is 0. The van der Waals surface area contributed by atoms with Gasteiger partial charge in [-0.05, 0) is 18.9 Å². The number of morpholine rings is 1. The number of hydrogen-bond donors (Lipinski definition) is 0. The average Bonchev–Trinajstić information content (AvgIpc) is 2.59. The van der Waals surface area contributed by atoms with Crippen molar-refractivity contribution in [2.75, 3.05) is 26.3 Å². The summed E-state index contributed by atoms with van der Waals surface area (Å²) in [6.07, 6.45) is 11.2. The minimum absolute atomic E-state index is 0.146. The maximum atomic E-state index is 5.53. The number of ether oxygens (including phenoxy) is 1. The number of hydrogen-bond acceptors (Lipinski definition) is 2. The first kappa shape index (κ1) is 17.2. The van der Waals surface area contributed by atoms with Crippen LogP contribution in [-0.2, 0) is 4.74 Å². The minimum Gasteiger partial charge on any atom is -0.379 e. The molecule has 2 nitrogen and oxygen atoms in total. The summed E-state index contributed by atoms with van der Waals surface area (Å²) in [5, 5.41) is 0. The van der Waals surface area contributed by atoms with E-state index < -0.39 is 0 Å². The van der Waals surface area contributed by atoms with Gasteiger partial charge in [0.15, 0.2) is 0 Å². The van der Waals surface area contributed by atoms with Crippen molar-refractivity contribution in [1.82, 2.24) is 4.90 Å². The highest BCUT2D eigenvalue weighted by molar-refractivity contribution is 5.50. The fourth-order valence-corrected chi connectivity index (χ4v) is 3.17. The van der Waals surface area contributed by atoms with Gasteiger partial charge < -0.3 is 4.74 Å². The molecule has 1 unspecified atom stereocenters. The zero-order valence-electron chi connectivity index (χ0n) is 14.3. The Balaban J connectivity index is 2.04. The van der Waals surface area contributed by atoms with E-state index >= 15 is 0 Å². The van der Waals surface area contributed by atoms with E-state index in [4.69, 9.17) is 4.74 Å². The molecule has 1 aliphatic heterocycles. The lowest BCUT2D eigenvalue weighted by molar-refractivity contribution is -0.00338. The molecule has 0 bridgehead atoms. The van der Waals surface area contributed by atoms with Gasteiger partial charge in [-0.1, -0.05) is 75.1 Å². The van der Waals surface area contributed by atoms with Crippen LogP contribution < -0.4 is 0 Å². The van der Waals surface area contributed by atoms with Crippen LogP contribution >= 0.6 is 0 Å². The lowest BCUT2D eigenvalue weighted by Gasteiger charge is -2.41. The van der Waals surface area contributed by atoms with E-state index in [1.165, 1.54) is 37.7 Å². The highest BCUT2D eigenvalue weighted by Gasteiger charge is 2.29. The molecule has 2 heteroatoms. The van der Waals surface area contributed by atoms with Gasteiger partial charge in [-0.15, -0.1) is 0 Å². The van der Waals surface area contributed by atoms with E-state index in [0.717, 1.165) is 26.3 Å². The fraction of sp³-hybridized carbons (Fsp3) is 0.600. The maximum absolute atomic E-state index is 5.53. The van der Waals surface area contributed by atoms with Gasteiger partial charge in [-0.2, -0.15) is 0 Å². The van der Waals surface area contributed by atoms with Crippen LogP contribution in [0.4, 0.5) is 0 Å². The van der Waals surface area contributed by atoms with Crippen molar-refractivity contribution in [3.8, 4) is 0 Å². The molecule has 122 valence electrons. The van der Waals surface area contributed by atoms with Gasteiger partial charge >= 0.3 is 0 Å². The lowest BCUT2D eigenvalue weighted by Crippen LogP contribution is -2.50. The second-order valence-electron chi connectivity index (χ2n) is 6.51. The molecular formula is C20H31NO. The Bertz CT molecular complexity index is 436. The van der Waals surface area contributed by atoms with Crippen molar-refractivity contribution < 1.29 is 4.74 Å². The zero-order chi connectivity index (χ0) is 15.7. The first-order chi connectivity index (χ1) is 10.7. The molecular weight excluding hydrogens is 270 g/mol. The first-order valence-electron chi connectivity index (χ1n) is 8.82. The van der Waals surface area contributed by atoms with Gasteiger partial charge in [0.1, 0.15) is 0 Å². The van der Waals surface area contributed by atoms with Crippen molar-refractivity contribution in [2.24, 2.45) is 0 Å². The summed E-state index contributed by atoms with van der Waals surface area (Å²) in [6, 6.07) is 10.6. The molecule has 0 radical (unpaired) electrons. The lowest BCUT2D eigenvalue weighted by atomic mass is 9.90. The second-order valence-corrected chi connectivity index (χ2v) is 6.51. The zero-order valence-corrected chi connectivity index (χ0v) is 14.3. The van der Waals surface area contributed by atoms with Gasteiger partial charge in [-0.3, -0.25) is 4.90 Å². The molecule has 0 aromatic heterocycles. The SMILES string of the molecule is CCCCCCC(C)(/C=C/c1ccccc1)N1CCOCC1. The summed E-state index contributed by atoms with van der Waals surface area (Å²) in [4.78, 5) is 2.60.